The topological polar surface area (TPSA) is 55.0 Å². The lowest BCUT2D eigenvalue weighted by Crippen LogP contribution is -2.13. The van der Waals surface area contributed by atoms with Crippen LogP contribution in [-0.2, 0) is 6.18 Å². The summed E-state index contributed by atoms with van der Waals surface area (Å²) in [6.45, 7) is 0. The fourth-order valence-corrected chi connectivity index (χ4v) is 2.31. The maximum atomic E-state index is 14.4. The van der Waals surface area contributed by atoms with E-state index in [0.29, 0.717) is 6.07 Å². The van der Waals surface area contributed by atoms with Gasteiger partial charge >= 0.3 is 6.18 Å². The molecule has 0 atom stereocenters. The number of alkyl halides is 3. The smallest absolute Gasteiger partial charge is 0.419 e. The Morgan fingerprint density at radius 1 is 1.17 bits per heavy atom. The van der Waals surface area contributed by atoms with Gasteiger partial charge in [0.05, 0.1) is 29.1 Å². The molecule has 0 spiro atoms. The Bertz CT molecular complexity index is 980. The Morgan fingerprint density at radius 3 is 2.54 bits per heavy atom. The highest BCUT2D eigenvalue weighted by Crippen LogP contribution is 2.37. The molecule has 0 fully saturated rings. The predicted molar refractivity (Wildman–Crippen MR) is 79.3 cm³/mol. The summed E-state index contributed by atoms with van der Waals surface area (Å²) in [4.78, 5) is 18.4. The Morgan fingerprint density at radius 2 is 1.88 bits per heavy atom. The van der Waals surface area contributed by atoms with Crippen molar-refractivity contribution in [2.75, 3.05) is 7.11 Å². The lowest BCUT2D eigenvalue weighted by Gasteiger charge is -2.13. The highest BCUT2D eigenvalue weighted by atomic mass is 19.4. The second-order valence-electron chi connectivity index (χ2n) is 4.97. The molecule has 0 aliphatic carbocycles. The summed E-state index contributed by atoms with van der Waals surface area (Å²) in [7, 11) is 1.16. The molecule has 0 aliphatic heterocycles. The van der Waals surface area contributed by atoms with E-state index in [9.17, 15) is 22.4 Å². The number of benzene rings is 2. The van der Waals surface area contributed by atoms with Crippen LogP contribution < -0.4 is 10.3 Å². The van der Waals surface area contributed by atoms with E-state index in [1.165, 1.54) is 12.1 Å². The number of halogens is 4. The van der Waals surface area contributed by atoms with Crippen LogP contribution in [0.15, 0.2) is 41.2 Å². The van der Waals surface area contributed by atoms with Crippen molar-refractivity contribution < 1.29 is 22.3 Å². The van der Waals surface area contributed by atoms with E-state index in [2.05, 4.69) is 9.97 Å². The number of aromatic nitrogens is 2. The molecule has 8 heteroatoms. The monoisotopic (exact) mass is 338 g/mol. The van der Waals surface area contributed by atoms with E-state index in [1.807, 2.05) is 0 Å². The zero-order valence-electron chi connectivity index (χ0n) is 12.2. The fourth-order valence-electron chi connectivity index (χ4n) is 2.31. The molecule has 0 amide bonds. The zero-order chi connectivity index (χ0) is 17.5. The minimum absolute atomic E-state index is 0.200. The number of methoxy groups -OCH3 is 1. The number of ether oxygens (including phenoxy) is 1. The van der Waals surface area contributed by atoms with Gasteiger partial charge in [-0.3, -0.25) is 4.79 Å². The minimum atomic E-state index is -4.91. The van der Waals surface area contributed by atoms with Gasteiger partial charge in [0, 0.05) is 0 Å². The predicted octanol–water partition coefficient (Wildman–Crippen LogP) is 3.76. The number of H-pyrrole nitrogens is 1. The molecule has 24 heavy (non-hydrogen) atoms. The molecule has 4 nitrogen and oxygen atoms in total. The molecule has 0 aliphatic rings. The fraction of sp³-hybridized carbons (Fsp3) is 0.125. The molecule has 1 heterocycles. The van der Waals surface area contributed by atoms with Crippen LogP contribution >= 0.6 is 0 Å². The van der Waals surface area contributed by atoms with Gasteiger partial charge in [-0.2, -0.15) is 13.2 Å². The lowest BCUT2D eigenvalue weighted by atomic mass is 10.1. The van der Waals surface area contributed by atoms with Crippen molar-refractivity contribution in [1.29, 1.82) is 0 Å². The highest BCUT2D eigenvalue weighted by molar-refractivity contribution is 5.79. The second-order valence-corrected chi connectivity index (χ2v) is 4.97. The third kappa shape index (κ3) is 2.70. The van der Waals surface area contributed by atoms with E-state index >= 15 is 0 Å². The standard InChI is InChI=1S/C16H10F4N2O2/c1-24-8-6-10(13(17)11(7-8)16(18,19)20)14-21-12-5-3-2-4-9(12)15(23)22-14/h2-7H,1H3,(H,21,22,23). The lowest BCUT2D eigenvalue weighted by molar-refractivity contribution is -0.140. The molecular weight excluding hydrogens is 328 g/mol. The number of para-hydroxylation sites is 1. The zero-order valence-corrected chi connectivity index (χ0v) is 12.2. The van der Waals surface area contributed by atoms with Gasteiger partial charge in [-0.1, -0.05) is 12.1 Å². The van der Waals surface area contributed by atoms with Crippen LogP contribution in [0.1, 0.15) is 5.56 Å². The Hall–Kier alpha value is -2.90. The molecule has 3 rings (SSSR count). The molecule has 3 aromatic rings. The van der Waals surface area contributed by atoms with Crippen LogP contribution in [-0.4, -0.2) is 17.1 Å². The molecule has 1 aromatic heterocycles. The van der Waals surface area contributed by atoms with Crippen LogP contribution in [0.3, 0.4) is 0 Å². The largest absolute Gasteiger partial charge is 0.497 e. The molecule has 2 aromatic carbocycles. The first-order valence-electron chi connectivity index (χ1n) is 6.75. The molecule has 0 bridgehead atoms. The Labute approximate surface area is 132 Å². The summed E-state index contributed by atoms with van der Waals surface area (Å²) in [5.74, 6) is -2.03. The van der Waals surface area contributed by atoms with Crippen molar-refractivity contribution in [2.45, 2.75) is 6.18 Å². The number of hydrogen-bond donors (Lipinski definition) is 1. The van der Waals surface area contributed by atoms with E-state index in [-0.39, 0.29) is 22.5 Å². The van der Waals surface area contributed by atoms with Crippen molar-refractivity contribution >= 4 is 10.9 Å². The van der Waals surface area contributed by atoms with Crippen LogP contribution in [0.2, 0.25) is 0 Å². The Balaban J connectivity index is 2.32. The molecule has 0 saturated carbocycles. The van der Waals surface area contributed by atoms with E-state index in [4.69, 9.17) is 4.74 Å². The van der Waals surface area contributed by atoms with Gasteiger partial charge in [-0.05, 0) is 24.3 Å². The highest BCUT2D eigenvalue weighted by Gasteiger charge is 2.36. The van der Waals surface area contributed by atoms with E-state index in [0.717, 1.165) is 13.2 Å². The van der Waals surface area contributed by atoms with E-state index < -0.39 is 28.7 Å². The van der Waals surface area contributed by atoms with Crippen LogP contribution in [0, 0.1) is 5.82 Å². The summed E-state index contributed by atoms with van der Waals surface area (Å²) in [5, 5.41) is 0.251. The number of nitrogens with zero attached hydrogens (tertiary/aromatic N) is 1. The summed E-state index contributed by atoms with van der Waals surface area (Å²) < 4.78 is 58.2. The SMILES string of the molecule is COc1cc(-c2nc3ccccc3c(=O)[nH]2)c(F)c(C(F)(F)F)c1. The van der Waals surface area contributed by atoms with Gasteiger partial charge in [0.2, 0.25) is 0 Å². The number of nitrogens with one attached hydrogen (secondary N) is 1. The summed E-state index contributed by atoms with van der Waals surface area (Å²) >= 11 is 0. The summed E-state index contributed by atoms with van der Waals surface area (Å²) in [5.41, 5.74) is -2.32. The van der Waals surface area contributed by atoms with Gasteiger partial charge in [0.1, 0.15) is 17.4 Å². The third-order valence-electron chi connectivity index (χ3n) is 3.46. The number of aromatic amines is 1. The van der Waals surface area contributed by atoms with Gasteiger partial charge in [-0.15, -0.1) is 0 Å². The Kier molecular flexibility index (Phi) is 3.75. The average Bonchev–Trinajstić information content (AvgIpc) is 2.54. The molecule has 124 valence electrons. The van der Waals surface area contributed by atoms with Crippen LogP contribution in [0.5, 0.6) is 5.75 Å². The maximum absolute atomic E-state index is 14.4. The number of hydrogen-bond acceptors (Lipinski definition) is 3. The molecule has 0 saturated heterocycles. The van der Waals surface area contributed by atoms with Gasteiger partial charge < -0.3 is 9.72 Å². The van der Waals surface area contributed by atoms with Gasteiger partial charge in [0.25, 0.3) is 5.56 Å². The van der Waals surface area contributed by atoms with E-state index in [1.54, 1.807) is 12.1 Å². The average molecular weight is 338 g/mol. The van der Waals surface area contributed by atoms with Crippen molar-refractivity contribution in [3.8, 4) is 17.1 Å². The molecule has 0 unspecified atom stereocenters. The number of rotatable bonds is 2. The second kappa shape index (κ2) is 5.63. The first-order valence-corrected chi connectivity index (χ1v) is 6.75. The molecule has 0 radical (unpaired) electrons. The first-order chi connectivity index (χ1) is 11.3. The quantitative estimate of drug-likeness (QED) is 0.724. The maximum Gasteiger partial charge on any atom is 0.419 e. The van der Waals surface area contributed by atoms with Crippen LogP contribution in [0.4, 0.5) is 17.6 Å². The van der Waals surface area contributed by atoms with Crippen molar-refractivity contribution in [2.24, 2.45) is 0 Å². The van der Waals surface area contributed by atoms with Crippen molar-refractivity contribution in [3.63, 3.8) is 0 Å². The van der Waals surface area contributed by atoms with Gasteiger partial charge in [-0.25, -0.2) is 9.37 Å². The van der Waals surface area contributed by atoms with Crippen molar-refractivity contribution in [1.82, 2.24) is 9.97 Å². The van der Waals surface area contributed by atoms with Gasteiger partial charge in [0.15, 0.2) is 0 Å². The minimum Gasteiger partial charge on any atom is -0.497 e. The third-order valence-corrected chi connectivity index (χ3v) is 3.46. The number of fused-ring (bicyclic) bond motifs is 1. The normalized spacial score (nSPS) is 11.7. The molecular formula is C16H10F4N2O2. The molecule has 1 N–H and O–H groups in total. The summed E-state index contributed by atoms with van der Waals surface area (Å²) in [6.07, 6.45) is -4.91. The van der Waals surface area contributed by atoms with Crippen molar-refractivity contribution in [3.05, 3.63) is 58.1 Å². The summed E-state index contributed by atoms with van der Waals surface area (Å²) in [6, 6.07) is 7.86. The van der Waals surface area contributed by atoms with Crippen LogP contribution in [0.25, 0.3) is 22.3 Å². The first kappa shape index (κ1) is 16.0.